The van der Waals surface area contributed by atoms with Crippen LogP contribution in [0.4, 0.5) is 24.9 Å². The molecule has 0 radical (unpaired) electrons. The highest BCUT2D eigenvalue weighted by atomic mass is 19.4. The molecule has 1 aromatic carbocycles. The topological polar surface area (TPSA) is 50.3 Å². The number of anilines is 2. The minimum atomic E-state index is -4.68. The molecule has 1 fully saturated rings. The monoisotopic (exact) mass is 364 g/mol. The number of ether oxygens (including phenoxy) is 1. The Morgan fingerprint density at radius 3 is 2.65 bits per heavy atom. The molecule has 1 aliphatic carbocycles. The summed E-state index contributed by atoms with van der Waals surface area (Å²) in [5.74, 6) is 1.69. The zero-order valence-corrected chi connectivity index (χ0v) is 14.3. The minimum Gasteiger partial charge on any atom is -0.406 e. The van der Waals surface area contributed by atoms with Crippen LogP contribution in [0.3, 0.4) is 0 Å². The molecule has 1 N–H and O–H groups in total. The van der Waals surface area contributed by atoms with Crippen LogP contribution in [0.15, 0.2) is 24.3 Å². The normalized spacial score (nSPS) is 17.0. The number of nitrogens with one attached hydrogen (secondary N) is 1. The molecule has 2 aromatic rings. The van der Waals surface area contributed by atoms with Crippen LogP contribution in [0.1, 0.15) is 35.6 Å². The number of benzene rings is 1. The Balaban J connectivity index is 1.59. The Morgan fingerprint density at radius 2 is 1.96 bits per heavy atom. The van der Waals surface area contributed by atoms with Crippen LogP contribution in [0.2, 0.25) is 0 Å². The van der Waals surface area contributed by atoms with Gasteiger partial charge in [-0.3, -0.25) is 0 Å². The number of rotatable bonds is 4. The van der Waals surface area contributed by atoms with Gasteiger partial charge in [0.25, 0.3) is 0 Å². The lowest BCUT2D eigenvalue weighted by atomic mass is 9.99. The molecule has 0 unspecified atom stereocenters. The lowest BCUT2D eigenvalue weighted by molar-refractivity contribution is -0.274. The fourth-order valence-corrected chi connectivity index (χ4v) is 3.24. The van der Waals surface area contributed by atoms with Crippen molar-refractivity contribution in [1.82, 2.24) is 9.97 Å². The summed E-state index contributed by atoms with van der Waals surface area (Å²) in [7, 11) is 1.78. The molecule has 4 rings (SSSR count). The van der Waals surface area contributed by atoms with E-state index in [0.717, 1.165) is 48.4 Å². The van der Waals surface area contributed by atoms with E-state index < -0.39 is 6.36 Å². The van der Waals surface area contributed by atoms with Crippen LogP contribution in [0, 0.1) is 0 Å². The fourth-order valence-electron chi connectivity index (χ4n) is 3.24. The number of fused-ring (bicyclic) bond motifs is 1. The molecule has 138 valence electrons. The average Bonchev–Trinajstić information content (AvgIpc) is 3.44. The predicted molar refractivity (Wildman–Crippen MR) is 91.4 cm³/mol. The third kappa shape index (κ3) is 3.68. The van der Waals surface area contributed by atoms with Gasteiger partial charge in [0.2, 0.25) is 5.95 Å². The van der Waals surface area contributed by atoms with Crippen LogP contribution in [0.25, 0.3) is 0 Å². The first-order chi connectivity index (χ1) is 12.4. The van der Waals surface area contributed by atoms with Gasteiger partial charge in [0.15, 0.2) is 0 Å². The summed E-state index contributed by atoms with van der Waals surface area (Å²) in [6.07, 6.45) is -1.66. The van der Waals surface area contributed by atoms with Crippen molar-refractivity contribution in [1.29, 1.82) is 0 Å². The summed E-state index contributed by atoms with van der Waals surface area (Å²) in [5.41, 5.74) is 2.90. The number of halogens is 3. The van der Waals surface area contributed by atoms with Crippen molar-refractivity contribution >= 4 is 11.8 Å². The van der Waals surface area contributed by atoms with Crippen LogP contribution in [-0.4, -0.2) is 29.9 Å². The Morgan fingerprint density at radius 1 is 1.15 bits per heavy atom. The van der Waals surface area contributed by atoms with Crippen molar-refractivity contribution in [3.8, 4) is 5.75 Å². The zero-order chi connectivity index (χ0) is 18.3. The van der Waals surface area contributed by atoms with Gasteiger partial charge in [-0.25, -0.2) is 4.98 Å². The van der Waals surface area contributed by atoms with Gasteiger partial charge in [-0.05, 0) is 42.5 Å². The van der Waals surface area contributed by atoms with E-state index in [-0.39, 0.29) is 5.75 Å². The lowest BCUT2D eigenvalue weighted by Crippen LogP contribution is -2.31. The fraction of sp³-hybridized carbons (Fsp3) is 0.444. The Labute approximate surface area is 149 Å². The van der Waals surface area contributed by atoms with E-state index in [1.807, 2.05) is 6.07 Å². The van der Waals surface area contributed by atoms with E-state index >= 15 is 0 Å². The highest BCUT2D eigenvalue weighted by Crippen LogP contribution is 2.40. The molecule has 0 spiro atoms. The van der Waals surface area contributed by atoms with Crippen LogP contribution in [-0.2, 0) is 13.0 Å². The Bertz CT molecular complexity index is 821. The lowest BCUT2D eigenvalue weighted by Gasteiger charge is -2.30. The van der Waals surface area contributed by atoms with Crippen LogP contribution < -0.4 is 15.0 Å². The second kappa shape index (κ2) is 6.34. The number of alkyl halides is 3. The molecule has 26 heavy (non-hydrogen) atoms. The summed E-state index contributed by atoms with van der Waals surface area (Å²) >= 11 is 0. The van der Waals surface area contributed by atoms with Crippen molar-refractivity contribution in [3.63, 3.8) is 0 Å². The summed E-state index contributed by atoms with van der Waals surface area (Å²) in [4.78, 5) is 11.1. The molecule has 0 saturated heterocycles. The molecular formula is C18H19F3N4O. The maximum Gasteiger partial charge on any atom is 0.573 e. The molecule has 1 aliphatic heterocycles. The number of hydrogen-bond donors (Lipinski definition) is 1. The van der Waals surface area contributed by atoms with Crippen molar-refractivity contribution in [2.45, 2.75) is 38.1 Å². The van der Waals surface area contributed by atoms with Gasteiger partial charge in [0.1, 0.15) is 11.6 Å². The van der Waals surface area contributed by atoms with E-state index in [0.29, 0.717) is 18.4 Å². The average molecular weight is 364 g/mol. The van der Waals surface area contributed by atoms with Gasteiger partial charge < -0.3 is 15.0 Å². The number of hydrogen-bond acceptors (Lipinski definition) is 5. The molecule has 1 aromatic heterocycles. The largest absolute Gasteiger partial charge is 0.573 e. The molecule has 1 saturated carbocycles. The first-order valence-electron chi connectivity index (χ1n) is 8.60. The second-order valence-electron chi connectivity index (χ2n) is 6.65. The Hall–Kier alpha value is -2.51. The van der Waals surface area contributed by atoms with Gasteiger partial charge in [-0.2, -0.15) is 4.98 Å². The van der Waals surface area contributed by atoms with Gasteiger partial charge in [0, 0.05) is 32.1 Å². The molecule has 0 bridgehead atoms. The van der Waals surface area contributed by atoms with E-state index in [2.05, 4.69) is 24.9 Å². The second-order valence-corrected chi connectivity index (χ2v) is 6.65. The summed E-state index contributed by atoms with van der Waals surface area (Å²) in [5, 5.41) is 2.99. The minimum absolute atomic E-state index is 0.185. The van der Waals surface area contributed by atoms with Gasteiger partial charge >= 0.3 is 6.36 Å². The van der Waals surface area contributed by atoms with E-state index in [1.165, 1.54) is 12.1 Å². The maximum absolute atomic E-state index is 12.5. The third-order valence-electron chi connectivity index (χ3n) is 4.70. The molecule has 2 heterocycles. The number of nitrogens with zero attached hydrogens (tertiary/aromatic N) is 3. The van der Waals surface area contributed by atoms with Gasteiger partial charge in [0.05, 0.1) is 5.69 Å². The third-order valence-corrected chi connectivity index (χ3v) is 4.70. The van der Waals surface area contributed by atoms with Crippen molar-refractivity contribution in [3.05, 3.63) is 41.1 Å². The van der Waals surface area contributed by atoms with E-state index in [1.54, 1.807) is 13.1 Å². The van der Waals surface area contributed by atoms with Crippen LogP contribution in [0.5, 0.6) is 5.75 Å². The summed E-state index contributed by atoms with van der Waals surface area (Å²) in [6, 6.07) is 6.55. The molecular weight excluding hydrogens is 345 g/mol. The van der Waals surface area contributed by atoms with E-state index in [9.17, 15) is 13.2 Å². The van der Waals surface area contributed by atoms with Crippen LogP contribution >= 0.6 is 0 Å². The van der Waals surface area contributed by atoms with Crippen molar-refractivity contribution in [2.75, 3.05) is 23.8 Å². The highest BCUT2D eigenvalue weighted by molar-refractivity contribution is 5.50. The molecule has 5 nitrogen and oxygen atoms in total. The van der Waals surface area contributed by atoms with Crippen molar-refractivity contribution in [2.24, 2.45) is 0 Å². The van der Waals surface area contributed by atoms with Crippen molar-refractivity contribution < 1.29 is 17.9 Å². The maximum atomic E-state index is 12.5. The predicted octanol–water partition coefficient (Wildman–Crippen LogP) is 3.86. The quantitative estimate of drug-likeness (QED) is 0.893. The summed E-state index contributed by atoms with van der Waals surface area (Å²) in [6.45, 7) is 1.26. The Kier molecular flexibility index (Phi) is 4.13. The van der Waals surface area contributed by atoms with E-state index in [4.69, 9.17) is 0 Å². The number of aromatic nitrogens is 2. The standard InChI is InChI=1S/C18H19F3N4O/c1-22-17-23-15(12-2-3-12)9-16(24-17)25-7-6-11-4-5-14(8-13(11)10-25)26-18(19,20)21/h4-5,8-9,12H,2-3,6-7,10H2,1H3,(H,22,23,24). The molecule has 0 amide bonds. The van der Waals surface area contributed by atoms with Gasteiger partial charge in [-0.15, -0.1) is 13.2 Å². The highest BCUT2D eigenvalue weighted by Gasteiger charge is 2.32. The molecule has 2 aliphatic rings. The molecule has 8 heteroatoms. The smallest absolute Gasteiger partial charge is 0.406 e. The zero-order valence-electron chi connectivity index (χ0n) is 14.3. The van der Waals surface area contributed by atoms with Gasteiger partial charge in [-0.1, -0.05) is 6.07 Å². The first kappa shape index (κ1) is 16.9. The summed E-state index contributed by atoms with van der Waals surface area (Å²) < 4.78 is 41.5. The first-order valence-corrected chi connectivity index (χ1v) is 8.60. The molecule has 0 atom stereocenters. The SMILES string of the molecule is CNc1nc(C2CC2)cc(N2CCc3ccc(OC(F)(F)F)cc3C2)n1.